The van der Waals surface area contributed by atoms with Gasteiger partial charge in [0.15, 0.2) is 0 Å². The quantitative estimate of drug-likeness (QED) is 0.612. The minimum atomic E-state index is -0.249. The molecule has 0 aliphatic carbocycles. The number of ether oxygens (including phenoxy) is 1. The number of carbonyl (C=O) groups excluding carboxylic acids is 2. The SMILES string of the molecule is O=C1Nc2ncnc3c2/C1=C\Nc1ccc(c(Cl)c1)OCCCCCC(=O)N1CCN3CC1. The fraction of sp³-hybridized carbons (Fsp3) is 0.391. The summed E-state index contributed by atoms with van der Waals surface area (Å²) in [5.74, 6) is 1.71. The Morgan fingerprint density at radius 1 is 1.00 bits per heavy atom. The topological polar surface area (TPSA) is 99.7 Å². The summed E-state index contributed by atoms with van der Waals surface area (Å²) in [6.07, 6.45) is 6.26. The van der Waals surface area contributed by atoms with Crippen LogP contribution in [0.2, 0.25) is 5.02 Å². The molecular formula is C23H25ClN6O3. The maximum absolute atomic E-state index is 12.7. The first-order valence-electron chi connectivity index (χ1n) is 11.2. The van der Waals surface area contributed by atoms with Crippen LogP contribution in [0.15, 0.2) is 30.7 Å². The van der Waals surface area contributed by atoms with Crippen LogP contribution >= 0.6 is 11.6 Å². The lowest BCUT2D eigenvalue weighted by atomic mass is 10.1. The lowest BCUT2D eigenvalue weighted by Crippen LogP contribution is -2.49. The highest BCUT2D eigenvalue weighted by atomic mass is 35.5. The zero-order valence-electron chi connectivity index (χ0n) is 18.1. The summed E-state index contributed by atoms with van der Waals surface area (Å²) in [5.41, 5.74) is 1.85. The monoisotopic (exact) mass is 468 g/mol. The van der Waals surface area contributed by atoms with E-state index < -0.39 is 0 Å². The highest BCUT2D eigenvalue weighted by molar-refractivity contribution is 6.33. The van der Waals surface area contributed by atoms with E-state index >= 15 is 0 Å². The van der Waals surface area contributed by atoms with E-state index in [1.165, 1.54) is 6.33 Å². The zero-order valence-corrected chi connectivity index (χ0v) is 18.9. The lowest BCUT2D eigenvalue weighted by Gasteiger charge is -2.36. The minimum Gasteiger partial charge on any atom is -0.492 e. The number of rotatable bonds is 0. The molecule has 7 heterocycles. The van der Waals surface area contributed by atoms with Crippen molar-refractivity contribution < 1.29 is 14.3 Å². The van der Waals surface area contributed by atoms with E-state index in [9.17, 15) is 9.59 Å². The van der Waals surface area contributed by atoms with Gasteiger partial charge < -0.3 is 25.2 Å². The molecule has 4 bridgehead atoms. The number of piperazine rings is 1. The third-order valence-electron chi connectivity index (χ3n) is 6.11. The second-order valence-corrected chi connectivity index (χ2v) is 8.66. The molecule has 0 unspecified atom stereocenters. The number of hydrogen-bond donors (Lipinski definition) is 2. The van der Waals surface area contributed by atoms with Gasteiger partial charge in [-0.3, -0.25) is 9.59 Å². The minimum absolute atomic E-state index is 0.179. The first kappa shape index (κ1) is 21.5. The number of anilines is 3. The average molecular weight is 469 g/mol. The summed E-state index contributed by atoms with van der Waals surface area (Å²) in [7, 11) is 0. The molecule has 10 heteroatoms. The van der Waals surface area contributed by atoms with Crippen molar-refractivity contribution in [3.63, 3.8) is 0 Å². The van der Waals surface area contributed by atoms with Crippen molar-refractivity contribution in [1.82, 2.24) is 14.9 Å². The maximum atomic E-state index is 12.7. The smallest absolute Gasteiger partial charge is 0.259 e. The number of carbonyl (C=O) groups is 2. The van der Waals surface area contributed by atoms with Crippen molar-refractivity contribution in [3.8, 4) is 5.75 Å². The predicted octanol–water partition coefficient (Wildman–Crippen LogP) is 3.14. The van der Waals surface area contributed by atoms with Crippen LogP contribution in [0.5, 0.6) is 5.75 Å². The van der Waals surface area contributed by atoms with E-state index in [-0.39, 0.29) is 11.8 Å². The van der Waals surface area contributed by atoms with Crippen LogP contribution in [-0.2, 0) is 9.59 Å². The Morgan fingerprint density at radius 3 is 2.64 bits per heavy atom. The fourth-order valence-electron chi connectivity index (χ4n) is 4.31. The van der Waals surface area contributed by atoms with Crippen molar-refractivity contribution in [2.24, 2.45) is 0 Å². The number of halogens is 1. The van der Waals surface area contributed by atoms with E-state index in [4.69, 9.17) is 16.3 Å². The van der Waals surface area contributed by atoms with Gasteiger partial charge in [0.25, 0.3) is 5.91 Å². The molecule has 0 atom stereocenters. The number of hydrogen-bond acceptors (Lipinski definition) is 7. The average Bonchev–Trinajstić information content (AvgIpc) is 3.15. The lowest BCUT2D eigenvalue weighted by molar-refractivity contribution is -0.131. The summed E-state index contributed by atoms with van der Waals surface area (Å²) >= 11 is 6.39. The van der Waals surface area contributed by atoms with E-state index in [2.05, 4.69) is 25.5 Å². The molecule has 6 aliphatic rings. The Balaban J connectivity index is 1.48. The Morgan fingerprint density at radius 2 is 1.82 bits per heavy atom. The summed E-state index contributed by atoms with van der Waals surface area (Å²) in [4.78, 5) is 38.1. The molecule has 2 aromatic rings. The van der Waals surface area contributed by atoms with E-state index in [1.807, 2.05) is 11.0 Å². The molecular weight excluding hydrogens is 444 g/mol. The molecule has 1 saturated heterocycles. The van der Waals surface area contributed by atoms with Gasteiger partial charge in [-0.15, -0.1) is 0 Å². The van der Waals surface area contributed by atoms with Crippen LogP contribution < -0.4 is 20.3 Å². The second kappa shape index (κ2) is 9.27. The van der Waals surface area contributed by atoms with Gasteiger partial charge in [0.2, 0.25) is 5.91 Å². The van der Waals surface area contributed by atoms with Gasteiger partial charge in [-0.05, 0) is 37.5 Å². The first-order chi connectivity index (χ1) is 16.1. The Hall–Kier alpha value is -3.33. The van der Waals surface area contributed by atoms with Crippen molar-refractivity contribution in [2.75, 3.05) is 48.3 Å². The molecule has 0 spiro atoms. The van der Waals surface area contributed by atoms with Crippen molar-refractivity contribution in [3.05, 3.63) is 41.3 Å². The fourth-order valence-corrected chi connectivity index (χ4v) is 4.55. The molecule has 9 nitrogen and oxygen atoms in total. The highest BCUT2D eigenvalue weighted by Crippen LogP contribution is 2.37. The van der Waals surface area contributed by atoms with Gasteiger partial charge in [-0.25, -0.2) is 9.97 Å². The standard InChI is InChI=1S/C23H25ClN6O3/c24-17-12-15-5-6-18(17)33-11-3-1-2-4-19(31)29-7-9-30(10-8-29)22-20-16(13-25-15)23(32)28-21(20)26-14-27-22/h5-6,12-14,25H,1-4,7-11H2,(H,26,27,28,32)/b16-13+. The summed E-state index contributed by atoms with van der Waals surface area (Å²) in [6.45, 7) is 3.10. The van der Waals surface area contributed by atoms with E-state index in [0.717, 1.165) is 24.9 Å². The molecule has 8 rings (SSSR count). The molecule has 6 aliphatic heterocycles. The van der Waals surface area contributed by atoms with Crippen LogP contribution in [-0.4, -0.2) is 59.5 Å². The molecule has 2 amide bonds. The summed E-state index contributed by atoms with van der Waals surface area (Å²) < 4.78 is 5.80. The van der Waals surface area contributed by atoms with Crippen LogP contribution in [0.25, 0.3) is 5.57 Å². The number of nitrogens with one attached hydrogen (secondary N) is 2. The van der Waals surface area contributed by atoms with Gasteiger partial charge in [-0.1, -0.05) is 11.6 Å². The maximum Gasteiger partial charge on any atom is 0.259 e. The molecule has 1 aromatic heterocycles. The summed E-state index contributed by atoms with van der Waals surface area (Å²) in [6, 6.07) is 5.42. The van der Waals surface area contributed by atoms with Gasteiger partial charge in [0.05, 0.1) is 22.8 Å². The van der Waals surface area contributed by atoms with Gasteiger partial charge in [0.1, 0.15) is 23.7 Å². The van der Waals surface area contributed by atoms with Crippen molar-refractivity contribution in [2.45, 2.75) is 25.7 Å². The van der Waals surface area contributed by atoms with Crippen LogP contribution in [0.1, 0.15) is 31.2 Å². The molecule has 1 aromatic carbocycles. The normalized spacial score (nSPS) is 20.5. The predicted molar refractivity (Wildman–Crippen MR) is 126 cm³/mol. The molecule has 0 radical (unpaired) electrons. The number of nitrogens with zero attached hydrogens (tertiary/aromatic N) is 4. The zero-order chi connectivity index (χ0) is 22.8. The molecule has 0 saturated carbocycles. The molecule has 33 heavy (non-hydrogen) atoms. The Kier molecular flexibility index (Phi) is 6.04. The largest absolute Gasteiger partial charge is 0.492 e. The van der Waals surface area contributed by atoms with Crippen molar-refractivity contribution in [1.29, 1.82) is 0 Å². The van der Waals surface area contributed by atoms with Gasteiger partial charge in [-0.2, -0.15) is 0 Å². The van der Waals surface area contributed by atoms with Gasteiger partial charge in [0, 0.05) is 44.5 Å². The Labute approximate surface area is 196 Å². The molecule has 172 valence electrons. The third-order valence-corrected chi connectivity index (χ3v) is 6.41. The second-order valence-electron chi connectivity index (χ2n) is 8.25. The van der Waals surface area contributed by atoms with Crippen LogP contribution in [0, 0.1) is 0 Å². The summed E-state index contributed by atoms with van der Waals surface area (Å²) in [5, 5.41) is 6.47. The third kappa shape index (κ3) is 4.45. The van der Waals surface area contributed by atoms with E-state index in [1.54, 1.807) is 18.3 Å². The Bertz CT molecular complexity index is 1110. The number of benzene rings is 1. The van der Waals surface area contributed by atoms with Gasteiger partial charge >= 0.3 is 0 Å². The first-order valence-corrected chi connectivity index (χ1v) is 11.6. The molecule has 2 N–H and O–H groups in total. The molecule has 1 fully saturated rings. The number of aromatic nitrogens is 2. The van der Waals surface area contributed by atoms with Crippen LogP contribution in [0.3, 0.4) is 0 Å². The number of amides is 2. The van der Waals surface area contributed by atoms with E-state index in [0.29, 0.717) is 72.8 Å². The van der Waals surface area contributed by atoms with Crippen molar-refractivity contribution >= 4 is 46.3 Å². The van der Waals surface area contributed by atoms with Crippen LogP contribution in [0.4, 0.5) is 17.3 Å². The highest BCUT2D eigenvalue weighted by Gasteiger charge is 2.32.